The third-order valence-corrected chi connectivity index (χ3v) is 4.80. The average molecular weight is 362 g/mol. The third-order valence-electron chi connectivity index (χ3n) is 4.80. The van der Waals surface area contributed by atoms with Gasteiger partial charge >= 0.3 is 5.63 Å². The fraction of sp³-hybridized carbons (Fsp3) is 0.550. The Bertz CT molecular complexity index is 780. The Kier molecular flexibility index (Phi) is 6.66. The molecule has 0 saturated carbocycles. The molecule has 1 aromatic heterocycles. The van der Waals surface area contributed by atoms with Gasteiger partial charge in [0.25, 0.3) is 0 Å². The van der Waals surface area contributed by atoms with Crippen LogP contribution in [0.2, 0.25) is 0 Å². The first-order valence-electron chi connectivity index (χ1n) is 9.47. The van der Waals surface area contributed by atoms with E-state index in [4.69, 9.17) is 13.9 Å². The van der Waals surface area contributed by atoms with Crippen LogP contribution in [0.25, 0.3) is 11.0 Å². The van der Waals surface area contributed by atoms with Gasteiger partial charge in [-0.15, -0.1) is 0 Å². The summed E-state index contributed by atoms with van der Waals surface area (Å²) < 4.78 is 16.4. The van der Waals surface area contributed by atoms with Crippen molar-refractivity contribution in [1.82, 2.24) is 0 Å². The normalized spacial score (nSPS) is 17.2. The Hall–Kier alpha value is -1.89. The summed E-state index contributed by atoms with van der Waals surface area (Å²) >= 11 is 0. The number of phenolic OH excluding ortho intramolecular Hbond substituents is 1. The summed E-state index contributed by atoms with van der Waals surface area (Å²) in [5, 5.41) is 13.0. The summed E-state index contributed by atoms with van der Waals surface area (Å²) in [7, 11) is 0. The molecule has 142 valence electrons. The number of ether oxygens (including phenoxy) is 2. The molecule has 0 aliphatic carbocycles. The molecule has 6 nitrogen and oxygen atoms in total. The van der Waals surface area contributed by atoms with E-state index in [9.17, 15) is 9.90 Å². The monoisotopic (exact) mass is 362 g/mol. The molecule has 0 radical (unpaired) electrons. The summed E-state index contributed by atoms with van der Waals surface area (Å²) in [4.78, 5) is 11.8. The molecule has 2 heterocycles. The van der Waals surface area contributed by atoms with Crippen LogP contribution in [-0.4, -0.2) is 37.6 Å². The number of rotatable bonds is 9. The SMILES string of the molecule is CCc1cc2c(C[NH2+]CCCOC[C@H]3CCCO3)cc(=O)oc2cc1O. The highest BCUT2D eigenvalue weighted by molar-refractivity contribution is 5.82. The lowest BCUT2D eigenvalue weighted by molar-refractivity contribution is -0.670. The van der Waals surface area contributed by atoms with E-state index >= 15 is 0 Å². The van der Waals surface area contributed by atoms with Gasteiger partial charge in [0, 0.05) is 36.1 Å². The molecule has 0 bridgehead atoms. The minimum absolute atomic E-state index is 0.174. The highest BCUT2D eigenvalue weighted by atomic mass is 16.5. The Labute approximate surface area is 153 Å². The lowest BCUT2D eigenvalue weighted by Gasteiger charge is -2.10. The van der Waals surface area contributed by atoms with Gasteiger partial charge < -0.3 is 24.3 Å². The van der Waals surface area contributed by atoms with Gasteiger partial charge in [-0.05, 0) is 30.9 Å². The van der Waals surface area contributed by atoms with E-state index in [2.05, 4.69) is 5.32 Å². The van der Waals surface area contributed by atoms with Gasteiger partial charge in [0.15, 0.2) is 0 Å². The van der Waals surface area contributed by atoms with E-state index in [0.717, 1.165) is 62.0 Å². The van der Waals surface area contributed by atoms with E-state index in [1.807, 2.05) is 13.0 Å². The first-order chi connectivity index (χ1) is 12.7. The van der Waals surface area contributed by atoms with Crippen molar-refractivity contribution in [2.45, 2.75) is 45.3 Å². The van der Waals surface area contributed by atoms with Gasteiger partial charge in [0.05, 0.1) is 25.9 Å². The van der Waals surface area contributed by atoms with Crippen molar-refractivity contribution in [3.8, 4) is 5.75 Å². The van der Waals surface area contributed by atoms with Crippen LogP contribution in [0.5, 0.6) is 5.75 Å². The fourth-order valence-electron chi connectivity index (χ4n) is 3.34. The smallest absolute Gasteiger partial charge is 0.336 e. The summed E-state index contributed by atoms with van der Waals surface area (Å²) in [5.41, 5.74) is 1.85. The van der Waals surface area contributed by atoms with Crippen molar-refractivity contribution < 1.29 is 24.3 Å². The molecule has 0 amide bonds. The second-order valence-corrected chi connectivity index (χ2v) is 6.77. The molecule has 6 heteroatoms. The molecule has 3 N–H and O–H groups in total. The largest absolute Gasteiger partial charge is 0.508 e. The molecule has 0 spiro atoms. The zero-order valence-corrected chi connectivity index (χ0v) is 15.3. The number of hydrogen-bond donors (Lipinski definition) is 2. The molecule has 1 saturated heterocycles. The van der Waals surface area contributed by atoms with Crippen LogP contribution in [0.15, 0.2) is 27.4 Å². The molecular weight excluding hydrogens is 334 g/mol. The summed E-state index contributed by atoms with van der Waals surface area (Å²) in [6.45, 7) is 5.88. The van der Waals surface area contributed by atoms with Crippen molar-refractivity contribution in [2.24, 2.45) is 0 Å². The molecule has 1 aliphatic rings. The standard InChI is InChI=1S/C20H27NO5/c1-2-14-9-17-15(10-20(23)26-19(17)11-18(14)22)12-21-6-4-7-24-13-16-5-3-8-25-16/h9-11,16,21-22H,2-8,12-13H2,1H3/p+1/t16-/m1/s1. The molecule has 26 heavy (non-hydrogen) atoms. The van der Waals surface area contributed by atoms with Crippen molar-refractivity contribution in [2.75, 3.05) is 26.4 Å². The number of aromatic hydroxyl groups is 1. The van der Waals surface area contributed by atoms with Gasteiger partial charge in [-0.1, -0.05) is 6.92 Å². The zero-order valence-electron chi connectivity index (χ0n) is 15.3. The fourth-order valence-corrected chi connectivity index (χ4v) is 3.34. The van der Waals surface area contributed by atoms with Gasteiger partial charge in [0.2, 0.25) is 0 Å². The maximum Gasteiger partial charge on any atom is 0.336 e. The van der Waals surface area contributed by atoms with Crippen molar-refractivity contribution >= 4 is 11.0 Å². The van der Waals surface area contributed by atoms with Crippen LogP contribution in [-0.2, 0) is 22.4 Å². The Balaban J connectivity index is 1.50. The van der Waals surface area contributed by atoms with Crippen molar-refractivity contribution in [1.29, 1.82) is 0 Å². The number of nitrogens with two attached hydrogens (primary N) is 1. The minimum Gasteiger partial charge on any atom is -0.508 e. The lowest BCUT2D eigenvalue weighted by atomic mass is 10.0. The summed E-state index contributed by atoms with van der Waals surface area (Å²) in [6.07, 6.45) is 4.20. The number of fused-ring (bicyclic) bond motifs is 1. The number of aryl methyl sites for hydroxylation is 1. The van der Waals surface area contributed by atoms with Crippen LogP contribution < -0.4 is 10.9 Å². The van der Waals surface area contributed by atoms with Gasteiger partial charge in [0.1, 0.15) is 17.9 Å². The van der Waals surface area contributed by atoms with Crippen LogP contribution in [0.3, 0.4) is 0 Å². The van der Waals surface area contributed by atoms with Crippen LogP contribution in [0.1, 0.15) is 37.3 Å². The highest BCUT2D eigenvalue weighted by Crippen LogP contribution is 2.26. The third kappa shape index (κ3) is 4.84. The summed E-state index contributed by atoms with van der Waals surface area (Å²) in [6, 6.07) is 5.00. The molecule has 1 aliphatic heterocycles. The molecule has 3 rings (SSSR count). The van der Waals surface area contributed by atoms with Crippen LogP contribution in [0.4, 0.5) is 0 Å². The molecule has 1 atom stereocenters. The minimum atomic E-state index is -0.385. The van der Waals surface area contributed by atoms with E-state index in [-0.39, 0.29) is 17.5 Å². The van der Waals surface area contributed by atoms with Crippen LogP contribution >= 0.6 is 0 Å². The predicted octanol–water partition coefficient (Wildman–Crippen LogP) is 1.71. The van der Waals surface area contributed by atoms with Gasteiger partial charge in [-0.25, -0.2) is 4.79 Å². The van der Waals surface area contributed by atoms with E-state index in [1.54, 1.807) is 6.07 Å². The highest BCUT2D eigenvalue weighted by Gasteiger charge is 2.15. The maximum absolute atomic E-state index is 11.8. The number of hydrogen-bond acceptors (Lipinski definition) is 5. The maximum atomic E-state index is 11.8. The van der Waals surface area contributed by atoms with Gasteiger partial charge in [-0.3, -0.25) is 0 Å². The lowest BCUT2D eigenvalue weighted by Crippen LogP contribution is -2.82. The number of phenols is 1. The molecule has 2 aromatic rings. The first kappa shape index (κ1) is 18.9. The molecular formula is C20H28NO5+. The van der Waals surface area contributed by atoms with Crippen molar-refractivity contribution in [3.05, 3.63) is 39.7 Å². The second kappa shape index (κ2) is 9.16. The molecule has 1 fully saturated rings. The van der Waals surface area contributed by atoms with Crippen molar-refractivity contribution in [3.63, 3.8) is 0 Å². The zero-order chi connectivity index (χ0) is 18.4. The van der Waals surface area contributed by atoms with E-state index < -0.39 is 0 Å². The average Bonchev–Trinajstić information content (AvgIpc) is 3.13. The quantitative estimate of drug-likeness (QED) is 0.524. The first-order valence-corrected chi connectivity index (χ1v) is 9.47. The number of quaternary nitrogens is 1. The summed E-state index contributed by atoms with van der Waals surface area (Å²) in [5.74, 6) is 0.174. The second-order valence-electron chi connectivity index (χ2n) is 6.77. The Morgan fingerprint density at radius 1 is 1.31 bits per heavy atom. The van der Waals surface area contributed by atoms with Crippen LogP contribution in [0, 0.1) is 0 Å². The Morgan fingerprint density at radius 3 is 2.96 bits per heavy atom. The molecule has 0 unspecified atom stereocenters. The van der Waals surface area contributed by atoms with E-state index in [1.165, 1.54) is 6.07 Å². The van der Waals surface area contributed by atoms with Gasteiger partial charge in [-0.2, -0.15) is 0 Å². The number of benzene rings is 1. The Morgan fingerprint density at radius 2 is 2.19 bits per heavy atom. The topological polar surface area (TPSA) is 85.5 Å². The molecule has 1 aromatic carbocycles. The predicted molar refractivity (Wildman–Crippen MR) is 98.4 cm³/mol. The van der Waals surface area contributed by atoms with E-state index in [0.29, 0.717) is 18.7 Å².